The minimum atomic E-state index is -1.44. The van der Waals surface area contributed by atoms with E-state index >= 15 is 0 Å². The van der Waals surface area contributed by atoms with Gasteiger partial charge in [-0.05, 0) is 217 Å². The Hall–Kier alpha value is -11.5. The molecule has 0 spiro atoms. The van der Waals surface area contributed by atoms with Crippen molar-refractivity contribution in [3.63, 3.8) is 0 Å². The Kier molecular flexibility index (Phi) is 58.3. The Morgan fingerprint density at radius 3 is 0.948 bits per heavy atom. The molecule has 2 aromatic rings. The number of hydrogen-bond donors (Lipinski definition) is 25. The van der Waals surface area contributed by atoms with E-state index < -0.39 is 210 Å². The molecule has 33 N–H and O–H groups in total. The van der Waals surface area contributed by atoms with Crippen LogP contribution in [0.4, 0.5) is 0 Å². The van der Waals surface area contributed by atoms with E-state index in [1.54, 1.807) is 102 Å². The fourth-order valence-electron chi connectivity index (χ4n) is 14.1. The summed E-state index contributed by atoms with van der Waals surface area (Å²) in [7, 11) is 0. The van der Waals surface area contributed by atoms with E-state index in [4.69, 9.17) is 45.9 Å². The molecule has 0 fully saturated rings. The van der Waals surface area contributed by atoms with Crippen molar-refractivity contribution in [2.75, 3.05) is 52.4 Å². The second-order valence-corrected chi connectivity index (χ2v) is 35.3. The Morgan fingerprint density at radius 1 is 0.313 bits per heavy atom. The van der Waals surface area contributed by atoms with Crippen LogP contribution in [0.5, 0.6) is 0 Å². The molecule has 0 unspecified atom stereocenters. The van der Waals surface area contributed by atoms with E-state index in [0.717, 1.165) is 0 Å². The lowest BCUT2D eigenvalue weighted by atomic mass is 9.97. The maximum Gasteiger partial charge on any atom is 0.326 e. The van der Waals surface area contributed by atoms with Gasteiger partial charge >= 0.3 is 5.97 Å². The van der Waals surface area contributed by atoms with Crippen molar-refractivity contribution in [2.24, 2.45) is 74.5 Å². The van der Waals surface area contributed by atoms with Gasteiger partial charge in [-0.1, -0.05) is 122 Å². The zero-order valence-electron chi connectivity index (χ0n) is 80.1. The molecule has 134 heavy (non-hydrogen) atoms. The second kappa shape index (κ2) is 66.0. The minimum absolute atomic E-state index is 0.00376. The standard InChI is InChI=1S/C91H157N25O18/c1-12-56(8)75(89(132)112-66(38-23-28-44-96)82(125)108-62(34-19-24-40-92)79(122)102-52-74(118)106-70(49-60-30-15-13-16-31-60)87(130)110-65(37-22-27-43-95)84(127)115-72(90(133)134)48-55(6)7)116-78(121)59(11)103-80(123)67(39-29-45-100-91(98)99)107-77(120)58(10)104-85(128)69(47-54(4)5)113-83(126)64(36-21-26-42-94)109-81(124)63(35-20-25-41-93)111-88(131)71(50-61-32-17-14-18-33-61)114-86(129)68(46-53(2)3)105-73(117)51-101-76(119)57(9)97/h13-18,30-33,53-59,62-72,75H,12,19-29,34-52,92-97H2,1-11H3,(H,101,119)(H,102,122)(H,103,123)(H,104,128)(H,105,117)(H,106,118)(H,107,120)(H,108,125)(H,109,124)(H,110,130)(H,111,131)(H,112,132)(H,113,126)(H,114,129)(H,115,127)(H,116,121)(H,133,134)(H4,98,99,100)/t56-,57-,58-,59-,62-,63-,64-,65-,66-,67-,68-,69-,70-,71-,72-,75-/m0/s1. The lowest BCUT2D eigenvalue weighted by molar-refractivity contribution is -0.143. The van der Waals surface area contributed by atoms with Crippen molar-refractivity contribution in [2.45, 2.75) is 314 Å². The first-order valence-electron chi connectivity index (χ1n) is 46.9. The Bertz CT molecular complexity index is 4030. The molecule has 0 saturated heterocycles. The number of nitrogens with one attached hydrogen (secondary N) is 16. The van der Waals surface area contributed by atoms with Crippen LogP contribution in [-0.2, 0) is 94.3 Å². The highest BCUT2D eigenvalue weighted by Gasteiger charge is 2.39. The number of carboxylic acids is 1. The highest BCUT2D eigenvalue weighted by Crippen LogP contribution is 2.18. The molecule has 16 amide bonds. The molecular weight excluding hydrogens is 1730 g/mol. The summed E-state index contributed by atoms with van der Waals surface area (Å²) in [5.41, 5.74) is 47.4. The lowest BCUT2D eigenvalue weighted by Gasteiger charge is -2.29. The normalized spacial score (nSPS) is 14.8. The number of nitrogens with zero attached hydrogens (tertiary/aromatic N) is 1. The van der Waals surface area contributed by atoms with Crippen molar-refractivity contribution in [3.05, 3.63) is 71.8 Å². The summed E-state index contributed by atoms with van der Waals surface area (Å²) in [6.07, 6.45) is 4.25. The summed E-state index contributed by atoms with van der Waals surface area (Å²) in [6, 6.07) is -2.21. The van der Waals surface area contributed by atoms with Crippen molar-refractivity contribution < 1.29 is 86.6 Å². The molecule has 0 radical (unpaired) electrons. The van der Waals surface area contributed by atoms with Crippen LogP contribution in [-0.4, -0.2) is 255 Å². The molecule has 2 aromatic carbocycles. The average Bonchev–Trinajstić information content (AvgIpc) is 0.867. The number of benzene rings is 2. The number of amides is 16. The van der Waals surface area contributed by atoms with Gasteiger partial charge in [0, 0.05) is 19.4 Å². The van der Waals surface area contributed by atoms with Crippen LogP contribution in [0.1, 0.15) is 222 Å². The molecule has 43 heteroatoms. The van der Waals surface area contributed by atoms with E-state index in [0.29, 0.717) is 81.8 Å². The fraction of sp³-hybridized carbons (Fsp3) is 0.670. The quantitative estimate of drug-likeness (QED) is 0.0177. The molecule has 0 saturated carbocycles. The topological polar surface area (TPSA) is 723 Å². The van der Waals surface area contributed by atoms with Crippen LogP contribution in [0, 0.1) is 23.7 Å². The van der Waals surface area contributed by atoms with E-state index in [1.165, 1.54) is 20.8 Å². The first kappa shape index (κ1) is 119. The smallest absolute Gasteiger partial charge is 0.326 e. The van der Waals surface area contributed by atoms with Crippen molar-refractivity contribution in [1.29, 1.82) is 0 Å². The number of rotatable bonds is 69. The van der Waals surface area contributed by atoms with Crippen molar-refractivity contribution in [3.8, 4) is 0 Å². The van der Waals surface area contributed by atoms with Crippen LogP contribution in [0.3, 0.4) is 0 Å². The van der Waals surface area contributed by atoms with Gasteiger partial charge in [0.2, 0.25) is 94.5 Å². The van der Waals surface area contributed by atoms with Crippen LogP contribution >= 0.6 is 0 Å². The van der Waals surface area contributed by atoms with Gasteiger partial charge in [-0.15, -0.1) is 0 Å². The average molecular weight is 1890 g/mol. The number of aliphatic imine (C=N–C) groups is 1. The van der Waals surface area contributed by atoms with Crippen LogP contribution in [0.15, 0.2) is 65.7 Å². The van der Waals surface area contributed by atoms with Gasteiger partial charge in [0.25, 0.3) is 0 Å². The number of hydrogen-bond acceptors (Lipinski definition) is 24. The molecule has 0 bridgehead atoms. The molecule has 0 aliphatic rings. The first-order chi connectivity index (χ1) is 63.5. The third kappa shape index (κ3) is 48.4. The van der Waals surface area contributed by atoms with Crippen LogP contribution in [0.2, 0.25) is 0 Å². The van der Waals surface area contributed by atoms with Gasteiger partial charge < -0.3 is 136 Å². The minimum Gasteiger partial charge on any atom is -0.480 e. The van der Waals surface area contributed by atoms with E-state index in [1.807, 2.05) is 13.8 Å². The summed E-state index contributed by atoms with van der Waals surface area (Å²) < 4.78 is 0. The maximum atomic E-state index is 14.7. The van der Waals surface area contributed by atoms with Gasteiger partial charge in [0.1, 0.15) is 84.6 Å². The highest BCUT2D eigenvalue weighted by molar-refractivity contribution is 6.01. The number of guanidine groups is 1. The molecule has 0 aliphatic carbocycles. The maximum absolute atomic E-state index is 14.7. The number of carbonyl (C=O) groups is 17. The molecule has 43 nitrogen and oxygen atoms in total. The predicted molar refractivity (Wildman–Crippen MR) is 508 cm³/mol. The third-order valence-corrected chi connectivity index (χ3v) is 21.9. The van der Waals surface area contributed by atoms with Crippen molar-refractivity contribution >= 4 is 106 Å². The van der Waals surface area contributed by atoms with Gasteiger partial charge in [-0.3, -0.25) is 81.7 Å². The summed E-state index contributed by atoms with van der Waals surface area (Å²) in [5, 5.41) is 52.5. The fourth-order valence-corrected chi connectivity index (χ4v) is 14.1. The van der Waals surface area contributed by atoms with Crippen LogP contribution in [0.25, 0.3) is 0 Å². The van der Waals surface area contributed by atoms with Gasteiger partial charge in [0.15, 0.2) is 5.96 Å². The summed E-state index contributed by atoms with van der Waals surface area (Å²) in [6.45, 7) is 18.2. The SMILES string of the molecule is CC[C@H](C)[C@H](NC(=O)[C@H](C)NC(=O)[C@H](CCCN=C(N)N)NC(=O)[C@H](C)NC(=O)[C@H](CC(C)C)NC(=O)[C@H](CCCCN)NC(=O)[C@H](CCCCN)NC(=O)[C@H](Cc1ccccc1)NC(=O)[C@H](CC(C)C)NC(=O)CNC(=O)[C@H](C)N)C(=O)N[C@@H](CCCCN)C(=O)N[C@@H](CCCCN)C(=O)NCC(=O)N[C@@H](Cc1ccccc1)C(=O)N[C@@H](CCCCN)C(=O)N[C@@H](CC(C)C)C(=O)O. The first-order valence-corrected chi connectivity index (χ1v) is 46.9. The summed E-state index contributed by atoms with van der Waals surface area (Å²) in [4.78, 5) is 242. The second-order valence-electron chi connectivity index (χ2n) is 35.3. The third-order valence-electron chi connectivity index (χ3n) is 21.9. The lowest BCUT2D eigenvalue weighted by Crippen LogP contribution is -2.61. The van der Waals surface area contributed by atoms with Gasteiger partial charge in [0.05, 0.1) is 19.1 Å². The highest BCUT2D eigenvalue weighted by atomic mass is 16.4. The molecule has 754 valence electrons. The zero-order chi connectivity index (χ0) is 101. The van der Waals surface area contributed by atoms with Crippen molar-refractivity contribution in [1.82, 2.24) is 85.1 Å². The van der Waals surface area contributed by atoms with E-state index in [9.17, 15) is 86.6 Å². The number of carbonyl (C=O) groups excluding carboxylic acids is 16. The summed E-state index contributed by atoms with van der Waals surface area (Å²) >= 11 is 0. The van der Waals surface area contributed by atoms with Gasteiger partial charge in [-0.2, -0.15) is 0 Å². The molecule has 0 aliphatic heterocycles. The molecular formula is C91H157N25O18. The Labute approximate surface area is 787 Å². The monoisotopic (exact) mass is 1890 g/mol. The Morgan fingerprint density at radius 2 is 0.590 bits per heavy atom. The largest absolute Gasteiger partial charge is 0.480 e. The predicted octanol–water partition coefficient (Wildman–Crippen LogP) is -3.15. The number of nitrogens with two attached hydrogens (primary N) is 8. The Balaban J connectivity index is 2.46. The van der Waals surface area contributed by atoms with Crippen LogP contribution < -0.4 is 131 Å². The molecule has 0 heterocycles. The summed E-state index contributed by atoms with van der Waals surface area (Å²) in [5.74, 6) is -15.4. The van der Waals surface area contributed by atoms with Gasteiger partial charge in [-0.25, -0.2) is 4.79 Å². The van der Waals surface area contributed by atoms with E-state index in [2.05, 4.69) is 90.1 Å². The number of carboxylic acid groups (broad SMARTS) is 1. The zero-order valence-corrected chi connectivity index (χ0v) is 80.1. The van der Waals surface area contributed by atoms with E-state index in [-0.39, 0.29) is 140 Å². The molecule has 16 atom stereocenters. The molecule has 2 rings (SSSR count). The molecule has 0 aromatic heterocycles. The number of unbranched alkanes of at least 4 members (excludes halogenated alkanes) is 5. The number of aliphatic carboxylic acids is 1.